The van der Waals surface area contributed by atoms with E-state index in [1.54, 1.807) is 11.3 Å². The van der Waals surface area contributed by atoms with E-state index >= 15 is 0 Å². The molecule has 1 N–H and O–H groups in total. The van der Waals surface area contributed by atoms with Crippen LogP contribution < -0.4 is 0 Å². The van der Waals surface area contributed by atoms with Crippen LogP contribution in [0.3, 0.4) is 0 Å². The lowest BCUT2D eigenvalue weighted by Crippen LogP contribution is -2.22. The average Bonchev–Trinajstić information content (AvgIpc) is 3.00. The third-order valence-electron chi connectivity index (χ3n) is 3.42. The van der Waals surface area contributed by atoms with Crippen LogP contribution in [0.4, 0.5) is 0 Å². The fourth-order valence-corrected chi connectivity index (χ4v) is 3.32. The average molecular weight is 248 g/mol. The Morgan fingerprint density at radius 3 is 3.12 bits per heavy atom. The molecule has 0 bridgehead atoms. The Bertz CT molecular complexity index is 477. The first kappa shape index (κ1) is 11.0. The number of aliphatic hydroxyl groups is 1. The maximum Gasteiger partial charge on any atom is 0.150 e. The third-order valence-corrected chi connectivity index (χ3v) is 4.29. The van der Waals surface area contributed by atoms with Crippen molar-refractivity contribution in [3.8, 4) is 10.7 Å². The first-order valence-electron chi connectivity index (χ1n) is 6.09. The topological polar surface area (TPSA) is 38.0 Å². The minimum atomic E-state index is -0.146. The Morgan fingerprint density at radius 1 is 1.41 bits per heavy atom. The molecule has 0 aliphatic heterocycles. The number of imidazole rings is 1. The Labute approximate surface area is 105 Å². The van der Waals surface area contributed by atoms with Crippen molar-refractivity contribution in [3.05, 3.63) is 29.9 Å². The van der Waals surface area contributed by atoms with Crippen molar-refractivity contribution in [3.63, 3.8) is 0 Å². The van der Waals surface area contributed by atoms with Gasteiger partial charge in [-0.25, -0.2) is 4.98 Å². The maximum absolute atomic E-state index is 9.77. The van der Waals surface area contributed by atoms with Crippen LogP contribution in [0.15, 0.2) is 29.9 Å². The lowest BCUT2D eigenvalue weighted by molar-refractivity contribution is 0.104. The van der Waals surface area contributed by atoms with Gasteiger partial charge < -0.3 is 9.67 Å². The highest BCUT2D eigenvalue weighted by molar-refractivity contribution is 7.13. The Balaban J connectivity index is 1.91. The predicted octanol–water partition coefficient (Wildman–Crippen LogP) is 3.09. The summed E-state index contributed by atoms with van der Waals surface area (Å²) in [7, 11) is 0. The summed E-state index contributed by atoms with van der Waals surface area (Å²) in [6.45, 7) is 0. The molecule has 0 amide bonds. The van der Waals surface area contributed by atoms with Crippen molar-refractivity contribution < 1.29 is 5.11 Å². The molecule has 2 aromatic rings. The lowest BCUT2D eigenvalue weighted by atomic mass is 9.93. The molecule has 0 radical (unpaired) electrons. The van der Waals surface area contributed by atoms with Crippen molar-refractivity contribution in [1.82, 2.24) is 9.55 Å². The third kappa shape index (κ3) is 2.15. The van der Waals surface area contributed by atoms with E-state index in [9.17, 15) is 5.11 Å². The van der Waals surface area contributed by atoms with Crippen LogP contribution in [0.1, 0.15) is 31.7 Å². The summed E-state index contributed by atoms with van der Waals surface area (Å²) >= 11 is 1.71. The van der Waals surface area contributed by atoms with E-state index in [4.69, 9.17) is 0 Å². The number of rotatable bonds is 2. The number of aliphatic hydroxyl groups excluding tert-OH is 1. The quantitative estimate of drug-likeness (QED) is 0.887. The summed E-state index contributed by atoms with van der Waals surface area (Å²) in [5, 5.41) is 11.8. The van der Waals surface area contributed by atoms with Crippen LogP contribution in [0.5, 0.6) is 0 Å². The van der Waals surface area contributed by atoms with Gasteiger partial charge in [-0.2, -0.15) is 0 Å². The maximum atomic E-state index is 9.77. The fourth-order valence-electron chi connectivity index (χ4n) is 2.60. The lowest BCUT2D eigenvalue weighted by Gasteiger charge is -2.27. The van der Waals surface area contributed by atoms with Gasteiger partial charge in [-0.3, -0.25) is 0 Å². The van der Waals surface area contributed by atoms with Gasteiger partial charge in [-0.15, -0.1) is 11.3 Å². The zero-order valence-corrected chi connectivity index (χ0v) is 10.4. The van der Waals surface area contributed by atoms with Crippen molar-refractivity contribution in [1.29, 1.82) is 0 Å². The molecule has 3 rings (SSSR count). The smallest absolute Gasteiger partial charge is 0.150 e. The van der Waals surface area contributed by atoms with Crippen molar-refractivity contribution in [2.75, 3.05) is 0 Å². The number of hydrogen-bond acceptors (Lipinski definition) is 3. The van der Waals surface area contributed by atoms with Gasteiger partial charge in [-0.1, -0.05) is 6.07 Å². The fraction of sp³-hybridized carbons (Fsp3) is 0.462. The molecule has 0 unspecified atom stereocenters. The molecule has 90 valence electrons. The van der Waals surface area contributed by atoms with Crippen LogP contribution in [0.25, 0.3) is 10.7 Å². The van der Waals surface area contributed by atoms with E-state index in [2.05, 4.69) is 27.1 Å². The summed E-state index contributed by atoms with van der Waals surface area (Å²) in [4.78, 5) is 5.65. The summed E-state index contributed by atoms with van der Waals surface area (Å²) in [6, 6.07) is 4.55. The second kappa shape index (κ2) is 4.63. The minimum absolute atomic E-state index is 0.146. The molecule has 1 aliphatic carbocycles. The van der Waals surface area contributed by atoms with E-state index in [1.807, 2.05) is 12.4 Å². The monoisotopic (exact) mass is 248 g/mol. The van der Waals surface area contributed by atoms with E-state index in [-0.39, 0.29) is 6.10 Å². The standard InChI is InChI=1S/C13H16N2OS/c16-11-4-1-3-10(9-11)15-7-6-14-13(15)12-5-2-8-17-12/h2,5-8,10-11,16H,1,3-4,9H2/t10-,11+/m0/s1. The highest BCUT2D eigenvalue weighted by Crippen LogP contribution is 2.33. The molecule has 0 saturated heterocycles. The first-order chi connectivity index (χ1) is 8.34. The van der Waals surface area contributed by atoms with Crippen molar-refractivity contribution >= 4 is 11.3 Å². The SMILES string of the molecule is O[C@@H]1CCC[C@H](n2ccnc2-c2cccs2)C1. The van der Waals surface area contributed by atoms with Gasteiger partial charge in [0.05, 0.1) is 11.0 Å². The van der Waals surface area contributed by atoms with Crippen LogP contribution >= 0.6 is 11.3 Å². The van der Waals surface area contributed by atoms with Gasteiger partial charge in [-0.05, 0) is 37.1 Å². The molecule has 3 nitrogen and oxygen atoms in total. The van der Waals surface area contributed by atoms with Crippen LogP contribution in [-0.2, 0) is 0 Å². The van der Waals surface area contributed by atoms with Gasteiger partial charge in [0.2, 0.25) is 0 Å². The molecule has 2 aromatic heterocycles. The van der Waals surface area contributed by atoms with Crippen molar-refractivity contribution in [2.45, 2.75) is 37.8 Å². The van der Waals surface area contributed by atoms with Crippen LogP contribution in [0.2, 0.25) is 0 Å². The molecular formula is C13H16N2OS. The minimum Gasteiger partial charge on any atom is -0.393 e. The van der Waals surface area contributed by atoms with E-state index in [0.29, 0.717) is 6.04 Å². The molecule has 0 spiro atoms. The molecule has 1 aliphatic rings. The Morgan fingerprint density at radius 2 is 2.35 bits per heavy atom. The summed E-state index contributed by atoms with van der Waals surface area (Å²) < 4.78 is 2.23. The number of aromatic nitrogens is 2. The van der Waals surface area contributed by atoms with Crippen molar-refractivity contribution in [2.24, 2.45) is 0 Å². The van der Waals surface area contributed by atoms with Gasteiger partial charge in [0.25, 0.3) is 0 Å². The number of hydrogen-bond donors (Lipinski definition) is 1. The largest absolute Gasteiger partial charge is 0.393 e. The van der Waals surface area contributed by atoms with E-state index < -0.39 is 0 Å². The highest BCUT2D eigenvalue weighted by atomic mass is 32.1. The number of nitrogens with zero attached hydrogens (tertiary/aromatic N) is 2. The Hall–Kier alpha value is -1.13. The normalized spacial score (nSPS) is 25.0. The highest BCUT2D eigenvalue weighted by Gasteiger charge is 2.23. The molecule has 2 heterocycles. The van der Waals surface area contributed by atoms with Crippen LogP contribution in [-0.4, -0.2) is 20.8 Å². The summed E-state index contributed by atoms with van der Waals surface area (Å²) in [6.07, 6.45) is 7.80. The molecule has 2 atom stereocenters. The molecule has 0 aromatic carbocycles. The van der Waals surface area contributed by atoms with Gasteiger partial charge in [0, 0.05) is 18.4 Å². The van der Waals surface area contributed by atoms with E-state index in [0.717, 1.165) is 31.5 Å². The molecule has 1 fully saturated rings. The zero-order chi connectivity index (χ0) is 11.7. The van der Waals surface area contributed by atoms with Gasteiger partial charge >= 0.3 is 0 Å². The predicted molar refractivity (Wildman–Crippen MR) is 69.1 cm³/mol. The Kier molecular flexibility index (Phi) is 2.99. The summed E-state index contributed by atoms with van der Waals surface area (Å²) in [5.41, 5.74) is 0. The molecular weight excluding hydrogens is 232 g/mol. The zero-order valence-electron chi connectivity index (χ0n) is 9.62. The van der Waals surface area contributed by atoms with E-state index in [1.165, 1.54) is 4.88 Å². The molecule has 4 heteroatoms. The summed E-state index contributed by atoms with van der Waals surface area (Å²) in [5.74, 6) is 1.04. The molecule has 1 saturated carbocycles. The molecule has 17 heavy (non-hydrogen) atoms. The number of thiophene rings is 1. The second-order valence-electron chi connectivity index (χ2n) is 4.61. The van der Waals surface area contributed by atoms with Gasteiger partial charge in [0.1, 0.15) is 5.82 Å². The van der Waals surface area contributed by atoms with Gasteiger partial charge in [0.15, 0.2) is 0 Å². The second-order valence-corrected chi connectivity index (χ2v) is 5.56. The first-order valence-corrected chi connectivity index (χ1v) is 6.97. The van der Waals surface area contributed by atoms with Crippen LogP contribution in [0, 0.1) is 0 Å².